The lowest BCUT2D eigenvalue weighted by Crippen LogP contribution is -2.55. The number of rotatable bonds is 1. The Bertz CT molecular complexity index is 757. The molecule has 1 heterocycles. The van der Waals surface area contributed by atoms with E-state index in [-0.39, 0.29) is 23.2 Å². The van der Waals surface area contributed by atoms with E-state index in [0.29, 0.717) is 24.2 Å². The minimum Gasteiger partial charge on any atom is -0.395 e. The first-order valence-corrected chi connectivity index (χ1v) is 11.7. The van der Waals surface area contributed by atoms with Gasteiger partial charge in [-0.05, 0) is 61.7 Å². The second-order valence-electron chi connectivity index (χ2n) is 10.7. The van der Waals surface area contributed by atoms with Crippen LogP contribution in [-0.4, -0.2) is 41.4 Å². The van der Waals surface area contributed by atoms with Gasteiger partial charge in [0, 0.05) is 24.7 Å². The van der Waals surface area contributed by atoms with Crippen LogP contribution in [0, 0.1) is 40.4 Å². The van der Waals surface area contributed by atoms with Gasteiger partial charge in [0.05, 0.1) is 19.8 Å². The lowest BCUT2D eigenvalue weighted by atomic mass is 9.47. The normalized spacial score (nSPS) is 47.6. The van der Waals surface area contributed by atoms with Crippen molar-refractivity contribution in [3.05, 3.63) is 11.6 Å². The first-order valence-electron chi connectivity index (χ1n) is 11.7. The van der Waals surface area contributed by atoms with Gasteiger partial charge in [0.2, 0.25) is 0 Å². The largest absolute Gasteiger partial charge is 0.395 e. The van der Waals surface area contributed by atoms with Crippen LogP contribution >= 0.6 is 0 Å². The lowest BCUT2D eigenvalue weighted by molar-refractivity contribution is -0.186. The summed E-state index contributed by atoms with van der Waals surface area (Å²) >= 11 is 0. The average Bonchev–Trinajstić information content (AvgIpc) is 3.26. The summed E-state index contributed by atoms with van der Waals surface area (Å²) in [5, 5.41) is 20.6. The van der Waals surface area contributed by atoms with Crippen LogP contribution in [0.4, 0.5) is 0 Å². The zero-order valence-corrected chi connectivity index (χ0v) is 18.0. The summed E-state index contributed by atoms with van der Waals surface area (Å²) in [5.74, 6) is 7.73. The Kier molecular flexibility index (Phi) is 4.72. The first kappa shape index (κ1) is 20.1. The zero-order valence-electron chi connectivity index (χ0n) is 18.0. The molecule has 0 aromatic rings. The fourth-order valence-electron chi connectivity index (χ4n) is 7.84. The molecule has 4 fully saturated rings. The maximum Gasteiger partial charge on any atom is 0.172 e. The standard InChI is InChI=1S/C25H36O4/c1-22-12-13-25(28-15-16-29-25)17-18(22)5-6-19-20(22)7-10-23(2)21(19)8-11-24(23,27)9-3-4-14-26/h5,19-21,26-27H,4,6-8,10-17H2,1-2H3/t19-,20+,21+,22+,23+,24+/m1/s1. The summed E-state index contributed by atoms with van der Waals surface area (Å²) in [6.07, 6.45) is 11.2. The predicted molar refractivity (Wildman–Crippen MR) is 111 cm³/mol. The van der Waals surface area contributed by atoms with Gasteiger partial charge in [-0.25, -0.2) is 0 Å². The second kappa shape index (κ2) is 6.82. The average molecular weight is 401 g/mol. The van der Waals surface area contributed by atoms with E-state index in [4.69, 9.17) is 14.6 Å². The van der Waals surface area contributed by atoms with E-state index in [1.165, 1.54) is 6.42 Å². The van der Waals surface area contributed by atoms with Crippen LogP contribution in [0.3, 0.4) is 0 Å². The number of allylic oxidation sites excluding steroid dienone is 1. The van der Waals surface area contributed by atoms with Crippen molar-refractivity contribution < 1.29 is 19.7 Å². The lowest BCUT2D eigenvalue weighted by Gasteiger charge is -2.59. The van der Waals surface area contributed by atoms with Crippen molar-refractivity contribution in [1.82, 2.24) is 0 Å². The molecule has 0 aromatic heterocycles. The SMILES string of the molecule is C[C@]12CCC3(CC1=CC[C@@H]1[C@@H]2CC[C@@]2(C)[C@H]1CC[C@@]2(O)C#CCCO)OCCO3. The topological polar surface area (TPSA) is 58.9 Å². The highest BCUT2D eigenvalue weighted by molar-refractivity contribution is 5.30. The van der Waals surface area contributed by atoms with Crippen LogP contribution in [0.15, 0.2) is 11.6 Å². The summed E-state index contributed by atoms with van der Waals surface area (Å²) in [7, 11) is 0. The van der Waals surface area contributed by atoms with Crippen molar-refractivity contribution in [2.75, 3.05) is 19.8 Å². The molecule has 1 spiro atoms. The fourth-order valence-corrected chi connectivity index (χ4v) is 7.84. The molecule has 5 rings (SSSR count). The van der Waals surface area contributed by atoms with Gasteiger partial charge in [-0.15, -0.1) is 0 Å². The first-order chi connectivity index (χ1) is 13.9. The Hall–Kier alpha value is -0.860. The van der Waals surface area contributed by atoms with Crippen LogP contribution in [0.5, 0.6) is 0 Å². The number of hydrogen-bond acceptors (Lipinski definition) is 4. The van der Waals surface area contributed by atoms with Crippen LogP contribution in [0.2, 0.25) is 0 Å². The van der Waals surface area contributed by atoms with Crippen molar-refractivity contribution in [3.63, 3.8) is 0 Å². The highest BCUT2D eigenvalue weighted by Gasteiger charge is 2.64. The quantitative estimate of drug-likeness (QED) is 0.519. The highest BCUT2D eigenvalue weighted by atomic mass is 16.7. The molecule has 4 nitrogen and oxygen atoms in total. The summed E-state index contributed by atoms with van der Waals surface area (Å²) < 4.78 is 12.1. The third kappa shape index (κ3) is 2.81. The molecule has 2 N–H and O–H groups in total. The molecule has 5 aliphatic rings. The molecule has 29 heavy (non-hydrogen) atoms. The Morgan fingerprint density at radius 3 is 2.59 bits per heavy atom. The highest BCUT2D eigenvalue weighted by Crippen LogP contribution is 2.67. The maximum atomic E-state index is 11.5. The van der Waals surface area contributed by atoms with Gasteiger partial charge >= 0.3 is 0 Å². The van der Waals surface area contributed by atoms with Gasteiger partial charge in [-0.2, -0.15) is 0 Å². The zero-order chi connectivity index (χ0) is 20.3. The Morgan fingerprint density at radius 1 is 1.07 bits per heavy atom. The molecule has 4 heteroatoms. The van der Waals surface area contributed by atoms with Crippen molar-refractivity contribution >= 4 is 0 Å². The third-order valence-electron chi connectivity index (χ3n) is 9.61. The molecule has 6 atom stereocenters. The molecular weight excluding hydrogens is 364 g/mol. The van der Waals surface area contributed by atoms with Gasteiger partial charge < -0.3 is 19.7 Å². The van der Waals surface area contributed by atoms with Crippen LogP contribution < -0.4 is 0 Å². The molecule has 1 aliphatic heterocycles. The molecule has 0 amide bonds. The van der Waals surface area contributed by atoms with E-state index in [0.717, 1.165) is 58.2 Å². The molecule has 3 saturated carbocycles. The van der Waals surface area contributed by atoms with E-state index in [1.807, 2.05) is 0 Å². The van der Waals surface area contributed by atoms with Gasteiger partial charge in [-0.1, -0.05) is 37.3 Å². The van der Waals surface area contributed by atoms with Gasteiger partial charge in [-0.3, -0.25) is 0 Å². The van der Waals surface area contributed by atoms with E-state index >= 15 is 0 Å². The predicted octanol–water partition coefficient (Wildman–Crippen LogP) is 3.81. The Balaban J connectivity index is 1.42. The van der Waals surface area contributed by atoms with Crippen molar-refractivity contribution in [1.29, 1.82) is 0 Å². The maximum absolute atomic E-state index is 11.5. The molecule has 0 bridgehead atoms. The van der Waals surface area contributed by atoms with E-state index in [9.17, 15) is 5.11 Å². The van der Waals surface area contributed by atoms with Crippen molar-refractivity contribution in [3.8, 4) is 11.8 Å². The number of fused-ring (bicyclic) bond motifs is 5. The number of aliphatic hydroxyl groups is 2. The summed E-state index contributed by atoms with van der Waals surface area (Å²) in [6.45, 7) is 6.29. The minimum atomic E-state index is -0.898. The molecule has 160 valence electrons. The summed E-state index contributed by atoms with van der Waals surface area (Å²) in [5.41, 5.74) is 0.775. The smallest absolute Gasteiger partial charge is 0.172 e. The second-order valence-corrected chi connectivity index (χ2v) is 10.7. The fraction of sp³-hybridized carbons (Fsp3) is 0.840. The van der Waals surface area contributed by atoms with Crippen molar-refractivity contribution in [2.45, 2.75) is 83.0 Å². The minimum absolute atomic E-state index is 0.0643. The Morgan fingerprint density at radius 2 is 1.83 bits per heavy atom. The van der Waals surface area contributed by atoms with Gasteiger partial charge in [0.25, 0.3) is 0 Å². The monoisotopic (exact) mass is 400 g/mol. The number of ether oxygens (including phenoxy) is 2. The third-order valence-corrected chi connectivity index (χ3v) is 9.61. The van der Waals surface area contributed by atoms with Crippen LogP contribution in [0.1, 0.15) is 71.6 Å². The van der Waals surface area contributed by atoms with Gasteiger partial charge in [0.1, 0.15) is 5.60 Å². The number of hydrogen-bond donors (Lipinski definition) is 2. The van der Waals surface area contributed by atoms with Gasteiger partial charge in [0.15, 0.2) is 5.79 Å². The number of aliphatic hydroxyl groups excluding tert-OH is 1. The molecular formula is C25H36O4. The molecule has 1 saturated heterocycles. The molecule has 4 aliphatic carbocycles. The van der Waals surface area contributed by atoms with E-state index in [1.54, 1.807) is 5.57 Å². The Labute approximate surface area is 175 Å². The molecule has 0 radical (unpaired) electrons. The van der Waals surface area contributed by atoms with Crippen LogP contribution in [0.25, 0.3) is 0 Å². The van der Waals surface area contributed by atoms with Crippen LogP contribution in [-0.2, 0) is 9.47 Å². The molecule has 0 aromatic carbocycles. The van der Waals surface area contributed by atoms with E-state index in [2.05, 4.69) is 31.8 Å². The summed E-state index contributed by atoms with van der Waals surface area (Å²) in [4.78, 5) is 0. The van der Waals surface area contributed by atoms with Crippen molar-refractivity contribution in [2.24, 2.45) is 28.6 Å². The van der Waals surface area contributed by atoms with E-state index < -0.39 is 5.60 Å². The summed E-state index contributed by atoms with van der Waals surface area (Å²) in [6, 6.07) is 0. The molecule has 0 unspecified atom stereocenters.